The minimum absolute atomic E-state index is 0.809. The summed E-state index contributed by atoms with van der Waals surface area (Å²) < 4.78 is 1.83. The van der Waals surface area contributed by atoms with E-state index >= 15 is 0 Å². The molecule has 1 N–H and O–H groups in total. The monoisotopic (exact) mass is 202 g/mol. The molecule has 0 atom stereocenters. The second-order valence-corrected chi connectivity index (χ2v) is 3.24. The van der Waals surface area contributed by atoms with Gasteiger partial charge in [0, 0.05) is 18.9 Å². The summed E-state index contributed by atoms with van der Waals surface area (Å²) in [5.74, 6) is 0. The van der Waals surface area contributed by atoms with Gasteiger partial charge in [0.15, 0.2) is 0 Å². The molecule has 0 bridgehead atoms. The van der Waals surface area contributed by atoms with Gasteiger partial charge >= 0.3 is 0 Å². The lowest BCUT2D eigenvalue weighted by Crippen LogP contribution is -2.12. The van der Waals surface area contributed by atoms with E-state index in [1.165, 1.54) is 0 Å². The molecule has 2 aromatic rings. The van der Waals surface area contributed by atoms with Crippen molar-refractivity contribution in [3.63, 3.8) is 0 Å². The number of rotatable bonds is 4. The van der Waals surface area contributed by atoms with Gasteiger partial charge in [0.05, 0.1) is 17.6 Å². The van der Waals surface area contributed by atoms with E-state index in [-0.39, 0.29) is 0 Å². The Morgan fingerprint density at radius 2 is 2.33 bits per heavy atom. The predicted octanol–water partition coefficient (Wildman–Crippen LogP) is 1.38. The van der Waals surface area contributed by atoms with Crippen molar-refractivity contribution in [2.45, 2.75) is 13.5 Å². The van der Waals surface area contributed by atoms with Crippen LogP contribution in [0.15, 0.2) is 36.8 Å². The van der Waals surface area contributed by atoms with E-state index < -0.39 is 0 Å². The first kappa shape index (κ1) is 9.86. The molecule has 78 valence electrons. The molecule has 0 saturated carbocycles. The lowest BCUT2D eigenvalue weighted by Gasteiger charge is -1.99. The molecule has 0 fully saturated rings. The molecule has 2 aromatic heterocycles. The Bertz CT molecular complexity index is 408. The molecule has 0 radical (unpaired) electrons. The zero-order chi connectivity index (χ0) is 10.5. The molecule has 0 unspecified atom stereocenters. The summed E-state index contributed by atoms with van der Waals surface area (Å²) in [6.45, 7) is 3.85. The highest BCUT2D eigenvalue weighted by molar-refractivity contribution is 5.26. The van der Waals surface area contributed by atoms with E-state index in [2.05, 4.69) is 22.3 Å². The van der Waals surface area contributed by atoms with Crippen LogP contribution in [0.1, 0.15) is 12.6 Å². The van der Waals surface area contributed by atoms with Gasteiger partial charge in [0.2, 0.25) is 0 Å². The van der Waals surface area contributed by atoms with Gasteiger partial charge < -0.3 is 5.32 Å². The van der Waals surface area contributed by atoms with Crippen LogP contribution in [0.2, 0.25) is 0 Å². The molecule has 2 heterocycles. The molecule has 0 aliphatic heterocycles. The van der Waals surface area contributed by atoms with Crippen molar-refractivity contribution in [3.05, 3.63) is 42.5 Å². The second-order valence-electron chi connectivity index (χ2n) is 3.24. The van der Waals surface area contributed by atoms with Crippen molar-refractivity contribution in [3.8, 4) is 5.69 Å². The van der Waals surface area contributed by atoms with Crippen LogP contribution in [0.25, 0.3) is 5.69 Å². The molecule has 0 aromatic carbocycles. The summed E-state index contributed by atoms with van der Waals surface area (Å²) in [5, 5.41) is 7.67. The van der Waals surface area contributed by atoms with Crippen molar-refractivity contribution in [2.75, 3.05) is 6.54 Å². The average molecular weight is 202 g/mol. The van der Waals surface area contributed by atoms with Crippen LogP contribution in [0.4, 0.5) is 0 Å². The van der Waals surface area contributed by atoms with E-state index in [9.17, 15) is 0 Å². The smallest absolute Gasteiger partial charge is 0.0828 e. The van der Waals surface area contributed by atoms with Crippen LogP contribution in [-0.4, -0.2) is 21.3 Å². The maximum Gasteiger partial charge on any atom is 0.0828 e. The fourth-order valence-electron chi connectivity index (χ4n) is 1.34. The summed E-state index contributed by atoms with van der Waals surface area (Å²) in [6.07, 6.45) is 5.50. The first-order valence-corrected chi connectivity index (χ1v) is 5.06. The van der Waals surface area contributed by atoms with Crippen LogP contribution in [0.5, 0.6) is 0 Å². The molecule has 4 nitrogen and oxygen atoms in total. The summed E-state index contributed by atoms with van der Waals surface area (Å²) in [7, 11) is 0. The lowest BCUT2D eigenvalue weighted by atomic mass is 10.4. The van der Waals surface area contributed by atoms with Gasteiger partial charge in [-0.2, -0.15) is 5.10 Å². The van der Waals surface area contributed by atoms with Crippen molar-refractivity contribution in [1.82, 2.24) is 20.1 Å². The zero-order valence-corrected chi connectivity index (χ0v) is 8.72. The van der Waals surface area contributed by atoms with Crippen molar-refractivity contribution >= 4 is 0 Å². The van der Waals surface area contributed by atoms with Crippen molar-refractivity contribution < 1.29 is 0 Å². The maximum atomic E-state index is 4.43. The molecule has 0 aliphatic carbocycles. The first-order chi connectivity index (χ1) is 7.40. The number of aromatic nitrogens is 3. The number of nitrogens with one attached hydrogen (secondary N) is 1. The van der Waals surface area contributed by atoms with Crippen LogP contribution >= 0.6 is 0 Å². The quantitative estimate of drug-likeness (QED) is 0.814. The summed E-state index contributed by atoms with van der Waals surface area (Å²) in [5.41, 5.74) is 2.03. The molecule has 0 amide bonds. The highest BCUT2D eigenvalue weighted by atomic mass is 15.3. The minimum atomic E-state index is 0.809. The summed E-state index contributed by atoms with van der Waals surface area (Å²) >= 11 is 0. The zero-order valence-electron chi connectivity index (χ0n) is 8.72. The second kappa shape index (κ2) is 4.70. The van der Waals surface area contributed by atoms with Gasteiger partial charge in [-0.15, -0.1) is 0 Å². The Labute approximate surface area is 89.0 Å². The average Bonchev–Trinajstić information content (AvgIpc) is 2.76. The predicted molar refractivity (Wildman–Crippen MR) is 58.7 cm³/mol. The van der Waals surface area contributed by atoms with Gasteiger partial charge in [-0.3, -0.25) is 4.98 Å². The fraction of sp³-hybridized carbons (Fsp3) is 0.273. The SMILES string of the molecule is CCNCc1ccn(-c2cccnc2)n1. The Morgan fingerprint density at radius 3 is 3.07 bits per heavy atom. The fourth-order valence-corrected chi connectivity index (χ4v) is 1.34. The van der Waals surface area contributed by atoms with Crippen molar-refractivity contribution in [1.29, 1.82) is 0 Å². The topological polar surface area (TPSA) is 42.7 Å². The van der Waals surface area contributed by atoms with E-state index in [1.54, 1.807) is 12.4 Å². The standard InChI is InChI=1S/C11H14N4/c1-2-12-8-10-5-7-15(14-10)11-4-3-6-13-9-11/h3-7,9,12H,2,8H2,1H3. The molecule has 0 aliphatic rings. The molecule has 15 heavy (non-hydrogen) atoms. The van der Waals surface area contributed by atoms with Crippen LogP contribution < -0.4 is 5.32 Å². The molecule has 0 saturated heterocycles. The summed E-state index contributed by atoms with van der Waals surface area (Å²) in [6, 6.07) is 5.90. The third kappa shape index (κ3) is 2.41. The largest absolute Gasteiger partial charge is 0.311 e. The molecule has 2 rings (SSSR count). The number of nitrogens with zero attached hydrogens (tertiary/aromatic N) is 3. The lowest BCUT2D eigenvalue weighted by molar-refractivity contribution is 0.696. The molecule has 0 spiro atoms. The van der Waals surface area contributed by atoms with E-state index in [4.69, 9.17) is 0 Å². The van der Waals surface area contributed by atoms with Gasteiger partial charge in [-0.05, 0) is 24.7 Å². The Morgan fingerprint density at radius 1 is 1.40 bits per heavy atom. The van der Waals surface area contributed by atoms with Crippen LogP contribution in [0.3, 0.4) is 0 Å². The normalized spacial score (nSPS) is 10.5. The van der Waals surface area contributed by atoms with Crippen LogP contribution in [0, 0.1) is 0 Å². The molecule has 4 heteroatoms. The third-order valence-corrected chi connectivity index (χ3v) is 2.11. The number of hydrogen-bond donors (Lipinski definition) is 1. The van der Waals surface area contributed by atoms with Crippen molar-refractivity contribution in [2.24, 2.45) is 0 Å². The highest BCUT2D eigenvalue weighted by Crippen LogP contribution is 2.04. The number of pyridine rings is 1. The van der Waals surface area contributed by atoms with Crippen LogP contribution in [-0.2, 0) is 6.54 Å². The Hall–Kier alpha value is -1.68. The van der Waals surface area contributed by atoms with E-state index in [1.807, 2.05) is 29.1 Å². The third-order valence-electron chi connectivity index (χ3n) is 2.11. The van der Waals surface area contributed by atoms with Gasteiger partial charge in [0.25, 0.3) is 0 Å². The molecular formula is C11H14N4. The summed E-state index contributed by atoms with van der Waals surface area (Å²) in [4.78, 5) is 4.06. The number of hydrogen-bond acceptors (Lipinski definition) is 3. The van der Waals surface area contributed by atoms with Gasteiger partial charge in [0.1, 0.15) is 0 Å². The first-order valence-electron chi connectivity index (χ1n) is 5.06. The Balaban J connectivity index is 2.14. The van der Waals surface area contributed by atoms with Gasteiger partial charge in [-0.25, -0.2) is 4.68 Å². The van der Waals surface area contributed by atoms with Gasteiger partial charge in [-0.1, -0.05) is 6.92 Å². The Kier molecular flexibility index (Phi) is 3.09. The minimum Gasteiger partial charge on any atom is -0.311 e. The maximum absolute atomic E-state index is 4.43. The highest BCUT2D eigenvalue weighted by Gasteiger charge is 1.99. The molecular weight excluding hydrogens is 188 g/mol. The van der Waals surface area contributed by atoms with E-state index in [0.717, 1.165) is 24.5 Å². The van der Waals surface area contributed by atoms with E-state index in [0.29, 0.717) is 0 Å².